The fourth-order valence-corrected chi connectivity index (χ4v) is 0.866. The number of rotatable bonds is 3. The van der Waals surface area contributed by atoms with Crippen molar-refractivity contribution in [2.75, 3.05) is 6.61 Å². The quantitative estimate of drug-likeness (QED) is 0.658. The molecule has 13 heavy (non-hydrogen) atoms. The molecule has 66 valence electrons. The molecule has 0 heterocycles. The van der Waals surface area contributed by atoms with Crippen LogP contribution in [0.1, 0.15) is 12.5 Å². The zero-order chi connectivity index (χ0) is 9.52. The summed E-state index contributed by atoms with van der Waals surface area (Å²) in [5.74, 6) is 0.789. The molecule has 0 saturated heterocycles. The highest BCUT2D eigenvalue weighted by Gasteiger charge is 1.91. The van der Waals surface area contributed by atoms with Crippen molar-refractivity contribution in [1.29, 1.82) is 5.26 Å². The topological polar surface area (TPSA) is 33.0 Å². The Bertz CT molecular complexity index is 319. The Morgan fingerprint density at radius 1 is 1.38 bits per heavy atom. The smallest absolute Gasteiger partial charge is 0.119 e. The largest absolute Gasteiger partial charge is 0.490 e. The van der Waals surface area contributed by atoms with E-state index in [1.807, 2.05) is 19.1 Å². The van der Waals surface area contributed by atoms with Crippen LogP contribution in [-0.4, -0.2) is 6.61 Å². The van der Waals surface area contributed by atoms with Crippen molar-refractivity contribution in [3.8, 4) is 11.8 Å². The van der Waals surface area contributed by atoms with Gasteiger partial charge in [-0.3, -0.25) is 0 Å². The Kier molecular flexibility index (Phi) is 3.59. The van der Waals surface area contributed by atoms with Crippen molar-refractivity contribution < 1.29 is 4.74 Å². The summed E-state index contributed by atoms with van der Waals surface area (Å²) in [7, 11) is 0. The van der Waals surface area contributed by atoms with E-state index in [0.717, 1.165) is 5.75 Å². The number of hydrogen-bond acceptors (Lipinski definition) is 2. The number of allylic oxidation sites excluding steroid dienone is 1. The first-order chi connectivity index (χ1) is 6.36. The lowest BCUT2D eigenvalue weighted by Gasteiger charge is -2.01. The second-order valence-corrected chi connectivity index (χ2v) is 2.52. The van der Waals surface area contributed by atoms with Crippen LogP contribution in [0.5, 0.6) is 5.75 Å². The van der Waals surface area contributed by atoms with Crippen molar-refractivity contribution >= 4 is 0 Å². The highest BCUT2D eigenvalue weighted by molar-refractivity contribution is 5.34. The van der Waals surface area contributed by atoms with Gasteiger partial charge in [0, 0.05) is 0 Å². The Labute approximate surface area is 78.1 Å². The Morgan fingerprint density at radius 2 is 2.08 bits per heavy atom. The Balaban J connectivity index is 2.55. The number of nitrogens with zero attached hydrogens (tertiary/aromatic N) is 1. The minimum atomic E-state index is 0.572. The molecule has 1 rings (SSSR count). The molecule has 0 aliphatic rings. The number of nitriles is 1. The van der Waals surface area contributed by atoms with Crippen LogP contribution in [0.4, 0.5) is 0 Å². The molecule has 0 atom stereocenters. The molecule has 0 saturated carbocycles. The van der Waals surface area contributed by atoms with Gasteiger partial charge in [0.2, 0.25) is 0 Å². The Morgan fingerprint density at radius 3 is 2.62 bits per heavy atom. The minimum absolute atomic E-state index is 0.572. The summed E-state index contributed by atoms with van der Waals surface area (Å²) in [5.41, 5.74) is 0.651. The molecule has 0 aliphatic heterocycles. The van der Waals surface area contributed by atoms with Crippen LogP contribution in [0.3, 0.4) is 0 Å². The van der Waals surface area contributed by atoms with E-state index in [4.69, 9.17) is 10.00 Å². The van der Waals surface area contributed by atoms with Crippen LogP contribution >= 0.6 is 0 Å². The average Bonchev–Trinajstić information content (AvgIpc) is 2.19. The molecule has 2 nitrogen and oxygen atoms in total. The van der Waals surface area contributed by atoms with Crippen LogP contribution in [0.2, 0.25) is 0 Å². The summed E-state index contributed by atoms with van der Waals surface area (Å²) < 4.78 is 5.35. The number of hydrogen-bond donors (Lipinski definition) is 0. The van der Waals surface area contributed by atoms with Gasteiger partial charge in [-0.25, -0.2) is 0 Å². The molecular weight excluding hydrogens is 162 g/mol. The summed E-state index contributed by atoms with van der Waals surface area (Å²) in [6, 6.07) is 9.12. The summed E-state index contributed by atoms with van der Waals surface area (Å²) in [6.07, 6.45) is 3.86. The molecule has 1 aromatic rings. The van der Waals surface area contributed by atoms with Crippen molar-refractivity contribution in [2.24, 2.45) is 0 Å². The van der Waals surface area contributed by atoms with Crippen molar-refractivity contribution in [3.05, 3.63) is 42.0 Å². The first-order valence-electron chi connectivity index (χ1n) is 4.11. The fourth-order valence-electron chi connectivity index (χ4n) is 0.866. The molecule has 2 heteroatoms. The van der Waals surface area contributed by atoms with Gasteiger partial charge in [0.25, 0.3) is 0 Å². The lowest BCUT2D eigenvalue weighted by atomic mass is 10.2. The van der Waals surface area contributed by atoms with Gasteiger partial charge in [0.15, 0.2) is 0 Å². The lowest BCUT2D eigenvalue weighted by molar-refractivity contribution is 0.362. The zero-order valence-electron chi connectivity index (χ0n) is 7.53. The summed E-state index contributed by atoms with van der Waals surface area (Å²) in [4.78, 5) is 0. The normalized spacial score (nSPS) is 9.85. The Hall–Kier alpha value is -1.75. The SMILES string of the molecule is CC=CCOc1ccc(C#N)cc1. The molecule has 0 amide bonds. The second-order valence-electron chi connectivity index (χ2n) is 2.52. The summed E-state index contributed by atoms with van der Waals surface area (Å²) >= 11 is 0. The zero-order valence-corrected chi connectivity index (χ0v) is 7.53. The van der Waals surface area contributed by atoms with E-state index in [-0.39, 0.29) is 0 Å². The van der Waals surface area contributed by atoms with E-state index >= 15 is 0 Å². The van der Waals surface area contributed by atoms with Crippen LogP contribution in [0, 0.1) is 11.3 Å². The van der Waals surface area contributed by atoms with Gasteiger partial charge in [-0.1, -0.05) is 12.2 Å². The van der Waals surface area contributed by atoms with Crippen LogP contribution in [0.25, 0.3) is 0 Å². The van der Waals surface area contributed by atoms with E-state index in [9.17, 15) is 0 Å². The molecule has 0 N–H and O–H groups in total. The van der Waals surface area contributed by atoms with Gasteiger partial charge in [0.1, 0.15) is 12.4 Å². The second kappa shape index (κ2) is 5.00. The number of ether oxygens (including phenoxy) is 1. The predicted molar refractivity (Wildman–Crippen MR) is 51.5 cm³/mol. The molecule has 0 radical (unpaired) electrons. The minimum Gasteiger partial charge on any atom is -0.490 e. The molecule has 0 fully saturated rings. The molecule has 0 aromatic heterocycles. The maximum atomic E-state index is 8.54. The molecular formula is C11H11NO. The van der Waals surface area contributed by atoms with Gasteiger partial charge >= 0.3 is 0 Å². The third-order valence-electron chi connectivity index (χ3n) is 1.57. The van der Waals surface area contributed by atoms with Crippen molar-refractivity contribution in [3.63, 3.8) is 0 Å². The first kappa shape index (κ1) is 9.34. The van der Waals surface area contributed by atoms with Crippen molar-refractivity contribution in [2.45, 2.75) is 6.92 Å². The number of benzene rings is 1. The van der Waals surface area contributed by atoms with E-state index in [2.05, 4.69) is 6.07 Å². The summed E-state index contributed by atoms with van der Waals surface area (Å²) in [6.45, 7) is 2.52. The molecule has 0 spiro atoms. The van der Waals surface area contributed by atoms with E-state index in [1.165, 1.54) is 0 Å². The van der Waals surface area contributed by atoms with Crippen LogP contribution in [0.15, 0.2) is 36.4 Å². The standard InChI is InChI=1S/C11H11NO/c1-2-3-8-13-11-6-4-10(9-12)5-7-11/h2-7H,8H2,1H3. The van der Waals surface area contributed by atoms with E-state index in [0.29, 0.717) is 12.2 Å². The molecule has 0 aliphatic carbocycles. The fraction of sp³-hybridized carbons (Fsp3) is 0.182. The van der Waals surface area contributed by atoms with Crippen LogP contribution < -0.4 is 4.74 Å². The van der Waals surface area contributed by atoms with Crippen molar-refractivity contribution in [1.82, 2.24) is 0 Å². The average molecular weight is 173 g/mol. The predicted octanol–water partition coefficient (Wildman–Crippen LogP) is 2.51. The molecule has 0 unspecified atom stereocenters. The maximum absolute atomic E-state index is 8.54. The third-order valence-corrected chi connectivity index (χ3v) is 1.57. The molecule has 0 bridgehead atoms. The molecule has 1 aromatic carbocycles. The van der Waals surface area contributed by atoms with Gasteiger partial charge < -0.3 is 4.74 Å². The van der Waals surface area contributed by atoms with Gasteiger partial charge in [-0.05, 0) is 31.2 Å². The van der Waals surface area contributed by atoms with Gasteiger partial charge in [-0.2, -0.15) is 5.26 Å². The van der Waals surface area contributed by atoms with E-state index in [1.54, 1.807) is 24.3 Å². The van der Waals surface area contributed by atoms with E-state index < -0.39 is 0 Å². The third kappa shape index (κ3) is 3.00. The first-order valence-corrected chi connectivity index (χ1v) is 4.11. The highest BCUT2D eigenvalue weighted by Crippen LogP contribution is 2.11. The van der Waals surface area contributed by atoms with Gasteiger partial charge in [-0.15, -0.1) is 0 Å². The van der Waals surface area contributed by atoms with Gasteiger partial charge in [0.05, 0.1) is 11.6 Å². The maximum Gasteiger partial charge on any atom is 0.119 e. The highest BCUT2D eigenvalue weighted by atomic mass is 16.5. The summed E-state index contributed by atoms with van der Waals surface area (Å²) in [5, 5.41) is 8.54. The lowest BCUT2D eigenvalue weighted by Crippen LogP contribution is -1.92. The van der Waals surface area contributed by atoms with Crippen LogP contribution in [-0.2, 0) is 0 Å². The monoisotopic (exact) mass is 173 g/mol.